The topological polar surface area (TPSA) is 121 Å². The Morgan fingerprint density at radius 3 is 2.57 bits per heavy atom. The van der Waals surface area contributed by atoms with Crippen molar-refractivity contribution in [3.8, 4) is 17.1 Å². The maximum absolute atomic E-state index is 12.6. The lowest BCUT2D eigenvalue weighted by Gasteiger charge is -2.10. The van der Waals surface area contributed by atoms with E-state index in [9.17, 15) is 18.4 Å². The second kappa shape index (κ2) is 12.0. The number of esters is 1. The van der Waals surface area contributed by atoms with Gasteiger partial charge in [-0.05, 0) is 54.5 Å². The Balaban J connectivity index is 1.66. The lowest BCUT2D eigenvalue weighted by Crippen LogP contribution is -2.18. The van der Waals surface area contributed by atoms with Gasteiger partial charge in [-0.1, -0.05) is 25.6 Å². The van der Waals surface area contributed by atoms with Crippen LogP contribution in [-0.2, 0) is 16.0 Å². The minimum atomic E-state index is -2.92. The van der Waals surface area contributed by atoms with E-state index >= 15 is 0 Å². The van der Waals surface area contributed by atoms with Crippen LogP contribution in [-0.4, -0.2) is 45.7 Å². The fourth-order valence-electron chi connectivity index (χ4n) is 3.15. The molecule has 0 aliphatic heterocycles. The summed E-state index contributed by atoms with van der Waals surface area (Å²) in [6, 6.07) is 5.78. The zero-order valence-electron chi connectivity index (χ0n) is 19.3. The van der Waals surface area contributed by atoms with Gasteiger partial charge in [-0.25, -0.2) is 9.47 Å². The summed E-state index contributed by atoms with van der Waals surface area (Å²) in [6.07, 6.45) is 0.684. The number of carbonyl (C=O) groups excluding carboxylic acids is 2. The Morgan fingerprint density at radius 1 is 1.23 bits per heavy atom. The van der Waals surface area contributed by atoms with Crippen LogP contribution in [0.2, 0.25) is 0 Å². The largest absolute Gasteiger partial charge is 0.462 e. The number of thiophene rings is 1. The molecule has 0 unspecified atom stereocenters. The van der Waals surface area contributed by atoms with Gasteiger partial charge < -0.3 is 20.6 Å². The van der Waals surface area contributed by atoms with E-state index in [1.807, 2.05) is 19.2 Å². The smallest absolute Gasteiger partial charge is 0.387 e. The van der Waals surface area contributed by atoms with Gasteiger partial charge in [0.05, 0.1) is 17.9 Å². The van der Waals surface area contributed by atoms with Crippen molar-refractivity contribution in [2.24, 2.45) is 5.92 Å². The second-order valence-corrected chi connectivity index (χ2v) is 9.52. The van der Waals surface area contributed by atoms with Gasteiger partial charge in [-0.3, -0.25) is 4.79 Å². The van der Waals surface area contributed by atoms with E-state index in [-0.39, 0.29) is 35.0 Å². The Bertz CT molecular complexity index is 1170. The summed E-state index contributed by atoms with van der Waals surface area (Å²) in [5.41, 5.74) is 1.75. The Kier molecular flexibility index (Phi) is 9.04. The molecule has 3 rings (SSSR count). The van der Waals surface area contributed by atoms with Crippen molar-refractivity contribution in [2.75, 3.05) is 23.5 Å². The molecule has 3 aromatic rings. The highest BCUT2D eigenvalue weighted by Crippen LogP contribution is 2.31. The number of alkyl halides is 2. The lowest BCUT2D eigenvalue weighted by molar-refractivity contribution is -0.113. The average Bonchev–Trinajstić information content (AvgIpc) is 3.35. The van der Waals surface area contributed by atoms with E-state index in [0.717, 1.165) is 17.3 Å². The third-order valence-electron chi connectivity index (χ3n) is 4.56. The summed E-state index contributed by atoms with van der Waals surface area (Å²) < 4.78 is 35.3. The van der Waals surface area contributed by atoms with Crippen molar-refractivity contribution in [1.82, 2.24) is 14.9 Å². The summed E-state index contributed by atoms with van der Waals surface area (Å²) >= 11 is 2.33. The highest BCUT2D eigenvalue weighted by atomic mass is 32.2. The van der Waals surface area contributed by atoms with Crippen molar-refractivity contribution < 1.29 is 27.8 Å². The van der Waals surface area contributed by atoms with Crippen molar-refractivity contribution in [3.05, 3.63) is 40.8 Å². The molecule has 0 atom stereocenters. The van der Waals surface area contributed by atoms with Crippen LogP contribution in [0.3, 0.4) is 0 Å². The van der Waals surface area contributed by atoms with Crippen LogP contribution in [0.1, 0.15) is 36.7 Å². The molecule has 0 radical (unpaired) electrons. The Morgan fingerprint density at radius 2 is 1.94 bits per heavy atom. The molecule has 1 aromatic carbocycles. The summed E-state index contributed by atoms with van der Waals surface area (Å²) in [5.74, 6) is 5.84. The van der Waals surface area contributed by atoms with Gasteiger partial charge in [0.25, 0.3) is 0 Å². The van der Waals surface area contributed by atoms with Crippen LogP contribution in [0.25, 0.3) is 11.4 Å². The van der Waals surface area contributed by atoms with Crippen molar-refractivity contribution in [3.63, 3.8) is 0 Å². The van der Waals surface area contributed by atoms with Crippen molar-refractivity contribution >= 4 is 40.0 Å². The number of nitrogens with one attached hydrogen (secondary N) is 1. The summed E-state index contributed by atoms with van der Waals surface area (Å²) in [7, 11) is 0. The molecular weight excluding hydrogens is 500 g/mol. The number of hydrogen-bond donors (Lipinski definition) is 2. The van der Waals surface area contributed by atoms with E-state index in [1.54, 1.807) is 6.92 Å². The van der Waals surface area contributed by atoms with Gasteiger partial charge >= 0.3 is 12.6 Å². The summed E-state index contributed by atoms with van der Waals surface area (Å²) in [6.45, 7) is 3.13. The van der Waals surface area contributed by atoms with Crippen LogP contribution in [0.15, 0.2) is 34.8 Å². The predicted octanol–water partition coefficient (Wildman–Crippen LogP) is 4.43. The van der Waals surface area contributed by atoms with Gasteiger partial charge in [-0.15, -0.1) is 21.5 Å². The number of carbonyl (C=O) groups is 2. The average molecular weight is 526 g/mol. The third-order valence-corrected chi connectivity index (χ3v) is 6.45. The molecule has 0 spiro atoms. The minimum Gasteiger partial charge on any atom is -0.462 e. The molecule has 3 N–H and O–H groups in total. The van der Waals surface area contributed by atoms with E-state index in [2.05, 4.69) is 20.3 Å². The molecule has 0 saturated carbocycles. The van der Waals surface area contributed by atoms with Crippen LogP contribution in [0.4, 0.5) is 13.8 Å². The minimum absolute atomic E-state index is 0.00502. The SMILES string of the molecule is CCOC(=O)c1c(CC(C)C)csc1NC(=O)CSc1nnc(-c2ccc(OC(F)F)cc2)n1N. The zero-order valence-corrected chi connectivity index (χ0v) is 20.9. The summed E-state index contributed by atoms with van der Waals surface area (Å²) in [5, 5.41) is 13.4. The van der Waals surface area contributed by atoms with Gasteiger partial charge in [0.2, 0.25) is 11.1 Å². The van der Waals surface area contributed by atoms with Crippen molar-refractivity contribution in [2.45, 2.75) is 39.0 Å². The summed E-state index contributed by atoms with van der Waals surface area (Å²) in [4.78, 5) is 25.1. The number of anilines is 1. The zero-order chi connectivity index (χ0) is 25.5. The lowest BCUT2D eigenvalue weighted by atomic mass is 10.0. The predicted molar refractivity (Wildman–Crippen MR) is 130 cm³/mol. The number of amides is 1. The number of hydrogen-bond acceptors (Lipinski definition) is 9. The number of rotatable bonds is 11. The number of aromatic nitrogens is 3. The Labute approximate surface area is 209 Å². The number of benzene rings is 1. The molecule has 13 heteroatoms. The van der Waals surface area contributed by atoms with Crippen molar-refractivity contribution in [1.29, 1.82) is 0 Å². The van der Waals surface area contributed by atoms with E-state index in [0.29, 0.717) is 28.5 Å². The van der Waals surface area contributed by atoms with Gasteiger partial charge in [0.1, 0.15) is 10.8 Å². The first kappa shape index (κ1) is 26.4. The van der Waals surface area contributed by atoms with Crippen LogP contribution < -0.4 is 15.9 Å². The van der Waals surface area contributed by atoms with Gasteiger partial charge in [-0.2, -0.15) is 8.78 Å². The number of nitrogens with zero attached hydrogens (tertiary/aromatic N) is 3. The fraction of sp³-hybridized carbons (Fsp3) is 0.364. The number of thioether (sulfide) groups is 1. The van der Waals surface area contributed by atoms with Crippen LogP contribution >= 0.6 is 23.1 Å². The van der Waals surface area contributed by atoms with E-state index in [1.165, 1.54) is 40.3 Å². The first-order valence-electron chi connectivity index (χ1n) is 10.6. The fourth-order valence-corrected chi connectivity index (χ4v) is 4.79. The first-order valence-corrected chi connectivity index (χ1v) is 12.5. The molecule has 188 valence electrons. The molecule has 0 aliphatic carbocycles. The molecule has 1 amide bonds. The van der Waals surface area contributed by atoms with E-state index < -0.39 is 12.6 Å². The second-order valence-electron chi connectivity index (χ2n) is 7.70. The van der Waals surface area contributed by atoms with Crippen LogP contribution in [0.5, 0.6) is 5.75 Å². The monoisotopic (exact) mass is 525 g/mol. The molecule has 9 nitrogen and oxygen atoms in total. The molecule has 0 fully saturated rings. The van der Waals surface area contributed by atoms with Crippen LogP contribution in [0, 0.1) is 5.92 Å². The molecule has 2 heterocycles. The highest BCUT2D eigenvalue weighted by molar-refractivity contribution is 7.99. The third kappa shape index (κ3) is 6.92. The normalized spacial score (nSPS) is 11.2. The number of nitrogens with two attached hydrogens (primary N) is 1. The molecular formula is C22H25F2N5O4S2. The van der Waals surface area contributed by atoms with E-state index in [4.69, 9.17) is 10.6 Å². The molecule has 2 aromatic heterocycles. The number of nitrogen functional groups attached to an aromatic ring is 1. The quantitative estimate of drug-likeness (QED) is 0.214. The molecule has 35 heavy (non-hydrogen) atoms. The van der Waals surface area contributed by atoms with Gasteiger partial charge in [0, 0.05) is 5.56 Å². The van der Waals surface area contributed by atoms with Gasteiger partial charge in [0.15, 0.2) is 5.82 Å². The highest BCUT2D eigenvalue weighted by Gasteiger charge is 2.23. The molecule has 0 saturated heterocycles. The standard InChI is InChI=1S/C22H25F2N5O4S2/c1-4-32-20(31)17-14(9-12(2)3)10-34-19(17)26-16(30)11-35-22-28-27-18(29(22)25)13-5-7-15(8-6-13)33-21(23)24/h5-8,10,12,21H,4,9,11,25H2,1-3H3,(H,26,30). The Hall–Kier alpha value is -3.19. The first-order chi connectivity index (χ1) is 16.7. The number of ether oxygens (including phenoxy) is 2. The maximum atomic E-state index is 12.6. The molecule has 0 aliphatic rings. The number of halogens is 2. The maximum Gasteiger partial charge on any atom is 0.387 e. The molecule has 0 bridgehead atoms.